The van der Waals surface area contributed by atoms with Gasteiger partial charge in [-0.15, -0.1) is 0 Å². The monoisotopic (exact) mass is 710 g/mol. The van der Waals surface area contributed by atoms with E-state index in [4.69, 9.17) is 9.47 Å². The molecule has 0 bridgehead atoms. The summed E-state index contributed by atoms with van der Waals surface area (Å²) in [5.74, 6) is 1.17. The number of nitrogens with one attached hydrogen (secondary N) is 2. The number of ether oxygens (including phenoxy) is 2. The quantitative estimate of drug-likeness (QED) is 0.265. The lowest BCUT2D eigenvalue weighted by Crippen LogP contribution is -2.56. The number of anilines is 6. The van der Waals surface area contributed by atoms with Crippen LogP contribution >= 0.6 is 0 Å². The molecule has 4 fully saturated rings. The Morgan fingerprint density at radius 1 is 0.596 bits per heavy atom. The Balaban J connectivity index is 0.00000207. The number of pyridine rings is 4. The highest BCUT2D eigenvalue weighted by atomic mass is 16.5. The minimum Gasteiger partial charge on any atom is -0.378 e. The van der Waals surface area contributed by atoms with Crippen molar-refractivity contribution in [3.05, 3.63) is 81.9 Å². The van der Waals surface area contributed by atoms with Gasteiger partial charge in [-0.05, 0) is 36.4 Å². The van der Waals surface area contributed by atoms with Crippen LogP contribution in [0.25, 0.3) is 11.1 Å². The van der Waals surface area contributed by atoms with Gasteiger partial charge in [0.2, 0.25) is 0 Å². The van der Waals surface area contributed by atoms with E-state index < -0.39 is 0 Å². The fraction of sp³-hybridized carbons (Fsp3) is 0.474. The van der Waals surface area contributed by atoms with E-state index in [9.17, 15) is 9.59 Å². The molecule has 8 rings (SSSR count). The molecule has 14 nitrogen and oxygen atoms in total. The van der Waals surface area contributed by atoms with Crippen LogP contribution in [0.5, 0.6) is 0 Å². The SMILES string of the molecule is CC.Cn1cc(-c2cc(Nc3ccc(N4CCN(C5COC5)CC4)cn3)c(=O)n(C)c2)cc(Nc2ccc(N3CCN(C4COC4)CC3)cn2)c1=O. The molecule has 0 atom stereocenters. The molecule has 0 saturated carbocycles. The van der Waals surface area contributed by atoms with E-state index in [2.05, 4.69) is 40.2 Å². The lowest BCUT2D eigenvalue weighted by Gasteiger charge is -2.43. The summed E-state index contributed by atoms with van der Waals surface area (Å²) in [5.41, 5.74) is 4.10. The first-order chi connectivity index (χ1) is 25.4. The van der Waals surface area contributed by atoms with Gasteiger partial charge in [-0.2, -0.15) is 0 Å². The Labute approximate surface area is 304 Å². The first kappa shape index (κ1) is 35.6. The van der Waals surface area contributed by atoms with Crippen molar-refractivity contribution in [2.45, 2.75) is 25.9 Å². The fourth-order valence-electron chi connectivity index (χ4n) is 7.05. The van der Waals surface area contributed by atoms with E-state index >= 15 is 0 Å². The Morgan fingerprint density at radius 3 is 1.29 bits per heavy atom. The average molecular weight is 711 g/mol. The van der Waals surface area contributed by atoms with Crippen LogP contribution in [-0.4, -0.2) is 120 Å². The molecule has 4 aromatic rings. The van der Waals surface area contributed by atoms with Gasteiger partial charge in [0, 0.05) is 90.0 Å². The highest BCUT2D eigenvalue weighted by molar-refractivity contribution is 5.72. The maximum Gasteiger partial charge on any atom is 0.274 e. The summed E-state index contributed by atoms with van der Waals surface area (Å²) < 4.78 is 13.8. The summed E-state index contributed by atoms with van der Waals surface area (Å²) in [5, 5.41) is 6.45. The molecule has 8 heterocycles. The van der Waals surface area contributed by atoms with Gasteiger partial charge in [0.15, 0.2) is 0 Å². The van der Waals surface area contributed by atoms with Crippen molar-refractivity contribution in [1.29, 1.82) is 0 Å². The molecular weight excluding hydrogens is 660 g/mol. The van der Waals surface area contributed by atoms with E-state index in [0.29, 0.717) is 35.1 Å². The average Bonchev–Trinajstić information content (AvgIpc) is 3.13. The van der Waals surface area contributed by atoms with Gasteiger partial charge in [-0.1, -0.05) is 13.8 Å². The zero-order valence-corrected chi connectivity index (χ0v) is 30.6. The van der Waals surface area contributed by atoms with Crippen LogP contribution in [0.1, 0.15) is 13.8 Å². The minimum absolute atomic E-state index is 0.179. The smallest absolute Gasteiger partial charge is 0.274 e. The number of hydrogen-bond acceptors (Lipinski definition) is 12. The van der Waals surface area contributed by atoms with Crippen molar-refractivity contribution in [3.8, 4) is 11.1 Å². The predicted molar refractivity (Wildman–Crippen MR) is 206 cm³/mol. The Kier molecular flexibility index (Phi) is 10.9. The first-order valence-electron chi connectivity index (χ1n) is 18.4. The standard InChI is InChI=1S/C36H44N10O4.C2H6/c1-41-19-25(15-31(35(41)47)39-33-5-3-27(17-37-33)43-7-11-45(12-8-43)29-21-49-22-29)26-16-32(36(48)42(2)20-26)40-34-6-4-28(18-38-34)44-9-13-46(14-10-44)30-23-50-24-30;1-2/h3-6,15-20,29-30H,7-14,21-24H2,1-2H3,(H,37,39)(H,38,40);1-2H3. The molecular formula is C38H50N10O4. The summed E-state index contributed by atoms with van der Waals surface area (Å²) in [6.07, 6.45) is 7.26. The van der Waals surface area contributed by atoms with Crippen molar-refractivity contribution < 1.29 is 9.47 Å². The number of piperazine rings is 2. The van der Waals surface area contributed by atoms with E-state index in [1.807, 2.05) is 50.5 Å². The molecule has 276 valence electrons. The van der Waals surface area contributed by atoms with Crippen LogP contribution in [0.15, 0.2) is 70.8 Å². The molecule has 0 radical (unpaired) electrons. The third-order valence-electron chi connectivity index (χ3n) is 10.4. The molecule has 0 aromatic carbocycles. The largest absolute Gasteiger partial charge is 0.378 e. The maximum atomic E-state index is 13.2. The van der Waals surface area contributed by atoms with Crippen molar-refractivity contribution >= 4 is 34.4 Å². The van der Waals surface area contributed by atoms with Gasteiger partial charge < -0.3 is 39.0 Å². The molecule has 0 spiro atoms. The summed E-state index contributed by atoms with van der Waals surface area (Å²) in [4.78, 5) is 45.3. The van der Waals surface area contributed by atoms with Gasteiger partial charge >= 0.3 is 0 Å². The van der Waals surface area contributed by atoms with Gasteiger partial charge in [0.1, 0.15) is 23.0 Å². The molecule has 14 heteroatoms. The van der Waals surface area contributed by atoms with Crippen LogP contribution < -0.4 is 31.6 Å². The number of hydrogen-bond donors (Lipinski definition) is 2. The van der Waals surface area contributed by atoms with Crippen LogP contribution in [0.4, 0.5) is 34.4 Å². The molecule has 0 unspecified atom stereocenters. The van der Waals surface area contributed by atoms with E-state index in [-0.39, 0.29) is 11.1 Å². The zero-order chi connectivity index (χ0) is 36.2. The van der Waals surface area contributed by atoms with Crippen molar-refractivity contribution in [1.82, 2.24) is 28.9 Å². The lowest BCUT2D eigenvalue weighted by molar-refractivity contribution is -0.0660. The molecule has 4 aliphatic heterocycles. The van der Waals surface area contributed by atoms with Gasteiger partial charge in [-0.25, -0.2) is 9.97 Å². The van der Waals surface area contributed by atoms with E-state index in [1.54, 1.807) is 38.6 Å². The van der Waals surface area contributed by atoms with E-state index in [0.717, 1.165) is 101 Å². The topological polar surface area (TPSA) is 125 Å². The van der Waals surface area contributed by atoms with Gasteiger partial charge in [0.05, 0.1) is 62.3 Å². The van der Waals surface area contributed by atoms with Crippen LogP contribution in [0.3, 0.4) is 0 Å². The van der Waals surface area contributed by atoms with Crippen LogP contribution in [0.2, 0.25) is 0 Å². The number of nitrogens with zero attached hydrogens (tertiary/aromatic N) is 8. The van der Waals surface area contributed by atoms with Gasteiger partial charge in [-0.3, -0.25) is 19.4 Å². The Hall–Kier alpha value is -4.76. The van der Waals surface area contributed by atoms with Crippen LogP contribution in [0, 0.1) is 0 Å². The van der Waals surface area contributed by atoms with Gasteiger partial charge in [0.25, 0.3) is 11.1 Å². The number of aromatic nitrogens is 4. The molecule has 4 aliphatic rings. The normalized spacial score (nSPS) is 18.6. The summed E-state index contributed by atoms with van der Waals surface area (Å²) in [6.45, 7) is 15.2. The molecule has 4 saturated heterocycles. The molecule has 0 aliphatic carbocycles. The second kappa shape index (κ2) is 15.9. The number of rotatable bonds is 9. The van der Waals surface area contributed by atoms with Crippen molar-refractivity contribution in [3.63, 3.8) is 0 Å². The molecule has 0 amide bonds. The fourth-order valence-corrected chi connectivity index (χ4v) is 7.05. The third kappa shape index (κ3) is 7.70. The summed E-state index contributed by atoms with van der Waals surface area (Å²) >= 11 is 0. The third-order valence-corrected chi connectivity index (χ3v) is 10.4. The molecule has 52 heavy (non-hydrogen) atoms. The van der Waals surface area contributed by atoms with Crippen molar-refractivity contribution in [2.75, 3.05) is 99.2 Å². The molecule has 2 N–H and O–H groups in total. The maximum absolute atomic E-state index is 13.2. The summed E-state index contributed by atoms with van der Waals surface area (Å²) in [7, 11) is 3.44. The van der Waals surface area contributed by atoms with E-state index in [1.165, 1.54) is 9.13 Å². The molecule has 4 aromatic heterocycles. The minimum atomic E-state index is -0.179. The lowest BCUT2D eigenvalue weighted by atomic mass is 10.1. The van der Waals surface area contributed by atoms with Crippen LogP contribution in [-0.2, 0) is 23.6 Å². The Bertz CT molecular complexity index is 1780. The Morgan fingerprint density at radius 2 is 0.981 bits per heavy atom. The summed E-state index contributed by atoms with van der Waals surface area (Å²) in [6, 6.07) is 12.6. The first-order valence-corrected chi connectivity index (χ1v) is 18.4. The second-order valence-electron chi connectivity index (χ2n) is 13.6. The zero-order valence-electron chi connectivity index (χ0n) is 30.6. The van der Waals surface area contributed by atoms with Crippen molar-refractivity contribution in [2.24, 2.45) is 14.1 Å². The number of aryl methyl sites for hydroxylation is 2. The second-order valence-corrected chi connectivity index (χ2v) is 13.6. The highest BCUT2D eigenvalue weighted by Gasteiger charge is 2.30. The highest BCUT2D eigenvalue weighted by Crippen LogP contribution is 2.26. The predicted octanol–water partition coefficient (Wildman–Crippen LogP) is 3.10.